The van der Waals surface area contributed by atoms with Crippen molar-refractivity contribution < 1.29 is 15.0 Å². The van der Waals surface area contributed by atoms with E-state index in [1.54, 1.807) is 12.1 Å². The van der Waals surface area contributed by atoms with Crippen LogP contribution in [-0.4, -0.2) is 65.1 Å². The Morgan fingerprint density at radius 1 is 1.27 bits per heavy atom. The van der Waals surface area contributed by atoms with E-state index in [1.807, 2.05) is 0 Å². The van der Waals surface area contributed by atoms with E-state index in [-0.39, 0.29) is 60.2 Å². The average Bonchev–Trinajstić information content (AvgIpc) is 1.88. The van der Waals surface area contributed by atoms with Gasteiger partial charge in [-0.25, -0.2) is 4.79 Å². The van der Waals surface area contributed by atoms with Crippen molar-refractivity contribution in [3.8, 4) is 5.75 Å². The summed E-state index contributed by atoms with van der Waals surface area (Å²) >= 11 is 0. The van der Waals surface area contributed by atoms with Gasteiger partial charge in [-0.2, -0.15) is 0 Å². The first kappa shape index (κ1) is 11.1. The fourth-order valence-corrected chi connectivity index (χ4v) is 0.654. The maximum atomic E-state index is 10.3. The molecule has 0 amide bonds. The van der Waals surface area contributed by atoms with Gasteiger partial charge in [0.1, 0.15) is 11.3 Å². The zero-order valence-corrected chi connectivity index (χ0v) is 10.3. The molecule has 0 fully saturated rings. The molecule has 1 aromatic carbocycles. The van der Waals surface area contributed by atoms with Crippen molar-refractivity contribution in [1.29, 1.82) is 0 Å². The van der Waals surface area contributed by atoms with E-state index in [9.17, 15) is 4.79 Å². The molecule has 0 saturated carbocycles. The second kappa shape index (κ2) is 4.84. The van der Waals surface area contributed by atoms with Crippen molar-refractivity contribution in [2.45, 2.75) is 0 Å². The van der Waals surface area contributed by atoms with E-state index in [2.05, 4.69) is 0 Å². The van der Waals surface area contributed by atoms with Gasteiger partial charge in [-0.1, -0.05) is 12.1 Å². The zero-order valence-electron chi connectivity index (χ0n) is 5.82. The first-order chi connectivity index (χ1) is 4.72. The summed E-state index contributed by atoms with van der Waals surface area (Å²) in [6.45, 7) is 0. The van der Waals surface area contributed by atoms with Crippen molar-refractivity contribution in [1.82, 2.24) is 0 Å². The quantitative estimate of drug-likeness (QED) is 0.742. The molecule has 0 aromatic heterocycles. The van der Waals surface area contributed by atoms with Crippen molar-refractivity contribution in [2.24, 2.45) is 0 Å². The number of phenols is 1. The van der Waals surface area contributed by atoms with Crippen LogP contribution in [-0.2, 0) is 0 Å². The molecule has 0 aliphatic heterocycles. The van der Waals surface area contributed by atoms with E-state index in [1.165, 1.54) is 12.1 Å². The number of carbonyl (C=O) groups is 1. The van der Waals surface area contributed by atoms with E-state index >= 15 is 0 Å². The Kier molecular flexibility index (Phi) is 4.87. The van der Waals surface area contributed by atoms with Gasteiger partial charge in [0.2, 0.25) is 0 Å². The summed E-state index contributed by atoms with van der Waals surface area (Å²) in [6, 6.07) is 5.81. The smallest absolute Gasteiger partial charge is 0.339 e. The minimum absolute atomic E-state index is 0. The summed E-state index contributed by atoms with van der Waals surface area (Å²) in [5.74, 6) is -1.31. The first-order valence-electron chi connectivity index (χ1n) is 2.73. The molecule has 2 N–H and O–H groups in total. The van der Waals surface area contributed by atoms with Crippen LogP contribution in [0.25, 0.3) is 0 Å². The minimum atomic E-state index is -1.11. The fraction of sp³-hybridized carbons (Fsp3) is 0. The van der Waals surface area contributed by atoms with Gasteiger partial charge in [-0.15, -0.1) is 0 Å². The number of benzene rings is 1. The molecule has 0 aliphatic carbocycles. The third-order valence-corrected chi connectivity index (χ3v) is 1.13. The number of hydrogen-bond acceptors (Lipinski definition) is 2. The number of rotatable bonds is 1. The molecule has 0 unspecified atom stereocenters. The normalized spacial score (nSPS) is 8.36. The maximum absolute atomic E-state index is 10.3. The van der Waals surface area contributed by atoms with Crippen LogP contribution in [0.2, 0.25) is 0 Å². The van der Waals surface area contributed by atoms with E-state index in [0.717, 1.165) is 0 Å². The molecule has 0 heterocycles. The number of carboxylic acids is 1. The average molecular weight is 275 g/mol. The molecule has 54 valence electrons. The van der Waals surface area contributed by atoms with Crippen LogP contribution in [0.5, 0.6) is 5.75 Å². The monoisotopic (exact) mass is 276 g/mol. The number of para-hydroxylation sites is 1. The van der Waals surface area contributed by atoms with Crippen LogP contribution in [0.1, 0.15) is 10.4 Å². The zero-order chi connectivity index (χ0) is 7.56. The molecule has 0 aliphatic rings. The third kappa shape index (κ3) is 2.88. The van der Waals surface area contributed by atoms with Crippen LogP contribution in [0.3, 0.4) is 0 Å². The van der Waals surface area contributed by atoms with E-state index in [4.69, 9.17) is 10.2 Å². The summed E-state index contributed by atoms with van der Waals surface area (Å²) in [5, 5.41) is 17.3. The Morgan fingerprint density at radius 3 is 2.18 bits per heavy atom. The number of aromatic carboxylic acids is 1. The van der Waals surface area contributed by atoms with Gasteiger partial charge in [0.05, 0.1) is 0 Å². The topological polar surface area (TPSA) is 57.5 Å². The molecule has 1 aromatic rings. The number of hydrogen-bond donors (Lipinski definition) is 2. The van der Waals surface area contributed by atoms with Gasteiger partial charge in [0, 0.05) is 48.9 Å². The summed E-state index contributed by atoms with van der Waals surface area (Å²) < 4.78 is 0. The second-order valence-corrected chi connectivity index (χ2v) is 1.82. The Morgan fingerprint density at radius 2 is 1.82 bits per heavy atom. The molecule has 3 nitrogen and oxygen atoms in total. The van der Waals surface area contributed by atoms with E-state index < -0.39 is 5.97 Å². The summed E-state index contributed by atoms with van der Waals surface area (Å²) in [5.41, 5.74) is -0.0671. The van der Waals surface area contributed by atoms with Gasteiger partial charge in [0.15, 0.2) is 0 Å². The molecule has 0 bridgehead atoms. The van der Waals surface area contributed by atoms with Crippen LogP contribution >= 0.6 is 0 Å². The first-order valence-corrected chi connectivity index (χ1v) is 2.73. The SMILES string of the molecule is O=C(O)c1ccccc1O.[Ba]. The van der Waals surface area contributed by atoms with Gasteiger partial charge < -0.3 is 10.2 Å². The standard InChI is InChI=1S/C7H6O3.Ba/c8-6-4-2-1-3-5(6)7(9)10;/h1-4,8H,(H,9,10);. The Labute approximate surface area is 104 Å². The van der Waals surface area contributed by atoms with Crippen LogP contribution in [0.15, 0.2) is 24.3 Å². The van der Waals surface area contributed by atoms with Gasteiger partial charge in [-0.3, -0.25) is 0 Å². The number of aromatic hydroxyl groups is 1. The molecule has 0 saturated heterocycles. The van der Waals surface area contributed by atoms with Gasteiger partial charge in [0.25, 0.3) is 0 Å². The number of carboxylic acid groups (broad SMARTS) is 1. The molecular weight excluding hydrogens is 269 g/mol. The summed E-state index contributed by atoms with van der Waals surface area (Å²) in [4.78, 5) is 10.3. The Balaban J connectivity index is 0.000001000. The fourth-order valence-electron chi connectivity index (χ4n) is 0.654. The Bertz CT molecular complexity index is 260. The molecule has 2 radical (unpaired) electrons. The Hall–Kier alpha value is 0.0614. The second-order valence-electron chi connectivity index (χ2n) is 1.82. The van der Waals surface area contributed by atoms with E-state index in [0.29, 0.717) is 0 Å². The van der Waals surface area contributed by atoms with Crippen molar-refractivity contribution in [3.05, 3.63) is 29.8 Å². The van der Waals surface area contributed by atoms with Crippen molar-refractivity contribution in [3.63, 3.8) is 0 Å². The molecule has 4 heteroatoms. The maximum Gasteiger partial charge on any atom is 0.339 e. The molecule has 0 spiro atoms. The third-order valence-electron chi connectivity index (χ3n) is 1.13. The predicted molar refractivity (Wildman–Crippen MR) is 40.8 cm³/mol. The largest absolute Gasteiger partial charge is 0.507 e. The van der Waals surface area contributed by atoms with Gasteiger partial charge in [-0.05, 0) is 12.1 Å². The van der Waals surface area contributed by atoms with Crippen LogP contribution in [0.4, 0.5) is 0 Å². The van der Waals surface area contributed by atoms with Crippen LogP contribution < -0.4 is 0 Å². The summed E-state index contributed by atoms with van der Waals surface area (Å²) in [7, 11) is 0. The molecule has 0 atom stereocenters. The van der Waals surface area contributed by atoms with Crippen LogP contribution in [0, 0.1) is 0 Å². The van der Waals surface area contributed by atoms with Crippen molar-refractivity contribution >= 4 is 54.9 Å². The molecule has 11 heavy (non-hydrogen) atoms. The van der Waals surface area contributed by atoms with Crippen molar-refractivity contribution in [2.75, 3.05) is 0 Å². The molecular formula is C7H6BaO3. The van der Waals surface area contributed by atoms with Gasteiger partial charge >= 0.3 is 5.97 Å². The molecule has 1 rings (SSSR count). The minimum Gasteiger partial charge on any atom is -0.507 e. The summed E-state index contributed by atoms with van der Waals surface area (Å²) in [6.07, 6.45) is 0. The predicted octanol–water partition coefficient (Wildman–Crippen LogP) is 0.710.